The van der Waals surface area contributed by atoms with E-state index in [0.29, 0.717) is 5.75 Å². The van der Waals surface area contributed by atoms with Crippen LogP contribution in [0, 0.1) is 23.6 Å². The van der Waals surface area contributed by atoms with Gasteiger partial charge in [0.2, 0.25) is 0 Å². The SMILES string of the molecule is COc1cc(F)c(C(=O)Cl)cc1C12CC3CC(CC(C3)C1)C2. The summed E-state index contributed by atoms with van der Waals surface area (Å²) < 4.78 is 19.5. The Bertz CT molecular complexity index is 605. The summed E-state index contributed by atoms with van der Waals surface area (Å²) in [6, 6.07) is 3.00. The molecule has 4 heteroatoms. The van der Waals surface area contributed by atoms with Gasteiger partial charge in [-0.25, -0.2) is 4.39 Å². The monoisotopic (exact) mass is 322 g/mol. The van der Waals surface area contributed by atoms with E-state index in [2.05, 4.69) is 0 Å². The molecule has 2 nitrogen and oxygen atoms in total. The van der Waals surface area contributed by atoms with Crippen LogP contribution in [-0.4, -0.2) is 12.4 Å². The Hall–Kier alpha value is -1.09. The predicted molar refractivity (Wildman–Crippen MR) is 83.0 cm³/mol. The van der Waals surface area contributed by atoms with Gasteiger partial charge in [-0.15, -0.1) is 0 Å². The summed E-state index contributed by atoms with van der Waals surface area (Å²) in [5, 5.41) is -0.730. The minimum atomic E-state index is -0.730. The molecule has 0 atom stereocenters. The van der Waals surface area contributed by atoms with Crippen LogP contribution in [0.25, 0.3) is 0 Å². The first-order valence-electron chi connectivity index (χ1n) is 8.08. The summed E-state index contributed by atoms with van der Waals surface area (Å²) in [4.78, 5) is 11.5. The van der Waals surface area contributed by atoms with Crippen molar-refractivity contribution in [2.45, 2.75) is 43.9 Å². The highest BCUT2D eigenvalue weighted by Crippen LogP contribution is 2.62. The molecule has 0 N–H and O–H groups in total. The Morgan fingerprint density at radius 2 is 1.73 bits per heavy atom. The van der Waals surface area contributed by atoms with Gasteiger partial charge in [0.1, 0.15) is 11.6 Å². The smallest absolute Gasteiger partial charge is 0.255 e. The lowest BCUT2D eigenvalue weighted by Gasteiger charge is -2.57. The minimum absolute atomic E-state index is 0.0202. The molecule has 4 aliphatic rings. The van der Waals surface area contributed by atoms with Gasteiger partial charge >= 0.3 is 0 Å². The van der Waals surface area contributed by atoms with E-state index in [0.717, 1.165) is 42.6 Å². The fourth-order valence-electron chi connectivity index (χ4n) is 5.73. The molecule has 4 aliphatic carbocycles. The first-order valence-corrected chi connectivity index (χ1v) is 8.46. The number of carbonyl (C=O) groups is 1. The van der Waals surface area contributed by atoms with Crippen LogP contribution in [0.2, 0.25) is 0 Å². The molecule has 22 heavy (non-hydrogen) atoms. The number of benzene rings is 1. The molecule has 0 amide bonds. The van der Waals surface area contributed by atoms with Crippen molar-refractivity contribution in [2.75, 3.05) is 7.11 Å². The third-order valence-electron chi connectivity index (χ3n) is 6.11. The predicted octanol–water partition coefficient (Wildman–Crippen LogP) is 4.68. The normalized spacial score (nSPS) is 35.7. The van der Waals surface area contributed by atoms with E-state index in [1.54, 1.807) is 13.2 Å². The molecule has 4 bridgehead atoms. The maximum absolute atomic E-state index is 14.1. The van der Waals surface area contributed by atoms with Gasteiger partial charge in [0.25, 0.3) is 5.24 Å². The Morgan fingerprint density at radius 3 is 2.18 bits per heavy atom. The molecule has 0 unspecified atom stereocenters. The zero-order chi connectivity index (χ0) is 15.5. The van der Waals surface area contributed by atoms with Crippen molar-refractivity contribution < 1.29 is 13.9 Å². The van der Waals surface area contributed by atoms with Gasteiger partial charge in [0.15, 0.2) is 0 Å². The zero-order valence-electron chi connectivity index (χ0n) is 12.7. The van der Waals surface area contributed by atoms with Crippen molar-refractivity contribution in [2.24, 2.45) is 17.8 Å². The van der Waals surface area contributed by atoms with E-state index < -0.39 is 11.1 Å². The maximum Gasteiger partial charge on any atom is 0.255 e. The van der Waals surface area contributed by atoms with E-state index in [1.807, 2.05) is 0 Å². The number of rotatable bonds is 3. The molecule has 0 spiro atoms. The molecule has 0 aliphatic heterocycles. The summed E-state index contributed by atoms with van der Waals surface area (Å²) in [5.74, 6) is 2.30. The van der Waals surface area contributed by atoms with Crippen LogP contribution in [0.3, 0.4) is 0 Å². The Balaban J connectivity index is 1.84. The number of methoxy groups -OCH3 is 1. The van der Waals surface area contributed by atoms with Gasteiger partial charge in [-0.1, -0.05) is 0 Å². The highest BCUT2D eigenvalue weighted by Gasteiger charge is 2.52. The molecule has 118 valence electrons. The summed E-state index contributed by atoms with van der Waals surface area (Å²) in [5.41, 5.74) is 1.03. The van der Waals surface area contributed by atoms with Gasteiger partial charge in [0, 0.05) is 11.6 Å². The van der Waals surface area contributed by atoms with E-state index in [9.17, 15) is 9.18 Å². The van der Waals surface area contributed by atoms with Crippen molar-refractivity contribution in [1.82, 2.24) is 0 Å². The van der Waals surface area contributed by atoms with E-state index in [4.69, 9.17) is 16.3 Å². The highest BCUT2D eigenvalue weighted by atomic mass is 35.5. The van der Waals surface area contributed by atoms with Crippen molar-refractivity contribution >= 4 is 16.8 Å². The second-order valence-electron chi connectivity index (χ2n) is 7.50. The molecule has 0 heterocycles. The number of hydrogen-bond acceptors (Lipinski definition) is 2. The topological polar surface area (TPSA) is 26.3 Å². The number of hydrogen-bond donors (Lipinski definition) is 0. The maximum atomic E-state index is 14.1. The van der Waals surface area contributed by atoms with Crippen LogP contribution in [0.15, 0.2) is 12.1 Å². The van der Waals surface area contributed by atoms with Crippen molar-refractivity contribution in [3.05, 3.63) is 29.1 Å². The Labute approximate surface area is 135 Å². The van der Waals surface area contributed by atoms with Crippen molar-refractivity contribution in [1.29, 1.82) is 0 Å². The summed E-state index contributed by atoms with van der Waals surface area (Å²) in [6.07, 6.45) is 7.42. The van der Waals surface area contributed by atoms with Gasteiger partial charge in [-0.3, -0.25) is 4.79 Å². The molecule has 4 saturated carbocycles. The lowest BCUT2D eigenvalue weighted by atomic mass is 9.48. The van der Waals surface area contributed by atoms with Gasteiger partial charge in [-0.05, 0) is 79.4 Å². The van der Waals surface area contributed by atoms with E-state index in [-0.39, 0.29) is 11.0 Å². The quantitative estimate of drug-likeness (QED) is 0.755. The van der Waals surface area contributed by atoms with Gasteiger partial charge in [0.05, 0.1) is 12.7 Å². The second kappa shape index (κ2) is 4.95. The molecule has 1 aromatic rings. The van der Waals surface area contributed by atoms with Crippen molar-refractivity contribution in [3.8, 4) is 5.75 Å². The largest absolute Gasteiger partial charge is 0.496 e. The highest BCUT2D eigenvalue weighted by molar-refractivity contribution is 6.67. The number of ether oxygens (including phenoxy) is 1. The summed E-state index contributed by atoms with van der Waals surface area (Å²) in [6.45, 7) is 0. The molecular formula is C18H20ClFO2. The minimum Gasteiger partial charge on any atom is -0.496 e. The van der Waals surface area contributed by atoms with E-state index in [1.165, 1.54) is 25.3 Å². The van der Waals surface area contributed by atoms with Crippen LogP contribution < -0.4 is 4.74 Å². The van der Waals surface area contributed by atoms with Gasteiger partial charge < -0.3 is 4.74 Å². The van der Waals surface area contributed by atoms with Crippen LogP contribution >= 0.6 is 11.6 Å². The average molecular weight is 323 g/mol. The lowest BCUT2D eigenvalue weighted by molar-refractivity contribution is -0.00620. The molecule has 5 rings (SSSR count). The first-order chi connectivity index (χ1) is 10.5. The standard InChI is InChI=1S/C18H20ClFO2/c1-22-16-6-15(20)13(17(19)21)5-14(16)18-7-10-2-11(8-18)4-12(3-10)9-18/h5-6,10-12H,2-4,7-9H2,1H3. The third-order valence-corrected chi connectivity index (χ3v) is 6.31. The fraction of sp³-hybridized carbons (Fsp3) is 0.611. The Morgan fingerprint density at radius 1 is 1.18 bits per heavy atom. The van der Waals surface area contributed by atoms with Crippen LogP contribution in [-0.2, 0) is 5.41 Å². The molecule has 1 aromatic carbocycles. The van der Waals surface area contributed by atoms with Crippen LogP contribution in [0.4, 0.5) is 4.39 Å². The van der Waals surface area contributed by atoms with Gasteiger partial charge in [-0.2, -0.15) is 0 Å². The third kappa shape index (κ3) is 2.09. The van der Waals surface area contributed by atoms with Crippen LogP contribution in [0.5, 0.6) is 5.75 Å². The molecule has 0 saturated heterocycles. The Kier molecular flexibility index (Phi) is 3.26. The number of halogens is 2. The van der Waals surface area contributed by atoms with Crippen molar-refractivity contribution in [3.63, 3.8) is 0 Å². The molecular weight excluding hydrogens is 303 g/mol. The zero-order valence-corrected chi connectivity index (χ0v) is 13.5. The number of carbonyl (C=O) groups excluding carboxylic acids is 1. The molecule has 0 aromatic heterocycles. The second-order valence-corrected chi connectivity index (χ2v) is 7.85. The van der Waals surface area contributed by atoms with Crippen LogP contribution in [0.1, 0.15) is 54.4 Å². The fourth-order valence-corrected chi connectivity index (χ4v) is 5.87. The first kappa shape index (κ1) is 14.5. The summed E-state index contributed by atoms with van der Waals surface area (Å²) in [7, 11) is 1.57. The lowest BCUT2D eigenvalue weighted by Crippen LogP contribution is -2.48. The molecule has 0 radical (unpaired) electrons. The average Bonchev–Trinajstić information content (AvgIpc) is 2.44. The summed E-state index contributed by atoms with van der Waals surface area (Å²) >= 11 is 5.56. The van der Waals surface area contributed by atoms with E-state index >= 15 is 0 Å². The molecule has 4 fully saturated rings.